The standard InChI is InChI=1S/C12H12ClNO2/c1-14(15)8-11-5-6-12(16-11)9-3-2-4-10(13)7-9/h2-7,15H,8H2,1H3. The van der Waals surface area contributed by atoms with Gasteiger partial charge in [0.25, 0.3) is 0 Å². The molecule has 0 unspecified atom stereocenters. The molecule has 0 bridgehead atoms. The molecule has 0 aliphatic carbocycles. The number of furan rings is 1. The molecule has 0 amide bonds. The fourth-order valence-corrected chi connectivity index (χ4v) is 1.68. The smallest absolute Gasteiger partial charge is 0.134 e. The Hall–Kier alpha value is -1.29. The third-order valence-corrected chi connectivity index (χ3v) is 2.39. The predicted molar refractivity (Wildman–Crippen MR) is 62.4 cm³/mol. The minimum absolute atomic E-state index is 0.362. The van der Waals surface area contributed by atoms with Crippen LogP contribution in [0, 0.1) is 0 Å². The molecule has 1 aromatic heterocycles. The van der Waals surface area contributed by atoms with Crippen LogP contribution in [0.4, 0.5) is 0 Å². The molecule has 1 N–H and O–H groups in total. The van der Waals surface area contributed by atoms with Crippen LogP contribution < -0.4 is 0 Å². The molecule has 0 aliphatic heterocycles. The molecule has 3 nitrogen and oxygen atoms in total. The van der Waals surface area contributed by atoms with Crippen LogP contribution in [0.2, 0.25) is 5.02 Å². The van der Waals surface area contributed by atoms with E-state index in [1.54, 1.807) is 7.05 Å². The van der Waals surface area contributed by atoms with Crippen LogP contribution in [0.15, 0.2) is 40.8 Å². The molecular weight excluding hydrogens is 226 g/mol. The Bertz CT molecular complexity index is 479. The fraction of sp³-hybridized carbons (Fsp3) is 0.167. The van der Waals surface area contributed by atoms with Crippen LogP contribution in [-0.4, -0.2) is 17.3 Å². The predicted octanol–water partition coefficient (Wildman–Crippen LogP) is 3.42. The van der Waals surface area contributed by atoms with Crippen LogP contribution in [0.1, 0.15) is 5.76 Å². The van der Waals surface area contributed by atoms with Crippen molar-refractivity contribution in [2.75, 3.05) is 7.05 Å². The molecule has 1 aromatic carbocycles. The van der Waals surface area contributed by atoms with Gasteiger partial charge in [0.2, 0.25) is 0 Å². The summed E-state index contributed by atoms with van der Waals surface area (Å²) in [6, 6.07) is 11.2. The quantitative estimate of drug-likeness (QED) is 0.831. The first-order valence-corrected chi connectivity index (χ1v) is 5.27. The van der Waals surface area contributed by atoms with Crippen molar-refractivity contribution in [2.24, 2.45) is 0 Å². The normalized spacial score (nSPS) is 11.0. The van der Waals surface area contributed by atoms with Gasteiger partial charge in [-0.2, -0.15) is 5.06 Å². The molecule has 2 rings (SSSR count). The summed E-state index contributed by atoms with van der Waals surface area (Å²) in [6.45, 7) is 0.362. The maximum atomic E-state index is 9.08. The Kier molecular flexibility index (Phi) is 3.29. The molecule has 84 valence electrons. The Morgan fingerprint density at radius 3 is 2.81 bits per heavy atom. The van der Waals surface area contributed by atoms with Crippen LogP contribution in [0.5, 0.6) is 0 Å². The number of nitrogens with zero attached hydrogens (tertiary/aromatic N) is 1. The largest absolute Gasteiger partial charge is 0.460 e. The van der Waals surface area contributed by atoms with Gasteiger partial charge in [-0.05, 0) is 24.3 Å². The van der Waals surface area contributed by atoms with E-state index in [1.807, 2.05) is 36.4 Å². The van der Waals surface area contributed by atoms with Gasteiger partial charge in [-0.1, -0.05) is 23.7 Å². The van der Waals surface area contributed by atoms with E-state index in [9.17, 15) is 0 Å². The second kappa shape index (κ2) is 4.70. The first-order chi connectivity index (χ1) is 7.65. The molecule has 0 aliphatic rings. The Morgan fingerprint density at radius 1 is 1.31 bits per heavy atom. The molecule has 1 heterocycles. The molecule has 2 aromatic rings. The van der Waals surface area contributed by atoms with Crippen molar-refractivity contribution >= 4 is 11.6 Å². The summed E-state index contributed by atoms with van der Waals surface area (Å²) in [5.74, 6) is 1.46. The number of hydroxylamine groups is 2. The summed E-state index contributed by atoms with van der Waals surface area (Å²) in [7, 11) is 1.57. The van der Waals surface area contributed by atoms with Crippen LogP contribution >= 0.6 is 11.6 Å². The molecule has 0 atom stereocenters. The number of halogens is 1. The van der Waals surface area contributed by atoms with Gasteiger partial charge in [0.05, 0.1) is 6.54 Å². The first kappa shape index (κ1) is 11.2. The average Bonchev–Trinajstić information content (AvgIpc) is 2.65. The first-order valence-electron chi connectivity index (χ1n) is 4.90. The maximum absolute atomic E-state index is 9.08. The summed E-state index contributed by atoms with van der Waals surface area (Å²) in [4.78, 5) is 0. The Labute approximate surface area is 98.8 Å². The number of benzene rings is 1. The van der Waals surface area contributed by atoms with E-state index in [4.69, 9.17) is 21.2 Å². The zero-order chi connectivity index (χ0) is 11.5. The van der Waals surface area contributed by atoms with Gasteiger partial charge in [-0.25, -0.2) is 0 Å². The van der Waals surface area contributed by atoms with Gasteiger partial charge in [0.15, 0.2) is 0 Å². The molecule has 0 spiro atoms. The molecule has 16 heavy (non-hydrogen) atoms. The highest BCUT2D eigenvalue weighted by atomic mass is 35.5. The van der Waals surface area contributed by atoms with Gasteiger partial charge in [0.1, 0.15) is 11.5 Å². The van der Waals surface area contributed by atoms with E-state index in [0.717, 1.165) is 16.4 Å². The Balaban J connectivity index is 2.24. The second-order valence-electron chi connectivity index (χ2n) is 3.59. The maximum Gasteiger partial charge on any atom is 0.134 e. The number of hydrogen-bond donors (Lipinski definition) is 1. The van der Waals surface area contributed by atoms with E-state index in [-0.39, 0.29) is 0 Å². The third-order valence-electron chi connectivity index (χ3n) is 2.16. The lowest BCUT2D eigenvalue weighted by Gasteiger charge is -2.04. The van der Waals surface area contributed by atoms with Gasteiger partial charge >= 0.3 is 0 Å². The van der Waals surface area contributed by atoms with Gasteiger partial charge in [-0.15, -0.1) is 0 Å². The van der Waals surface area contributed by atoms with Crippen LogP contribution in [0.25, 0.3) is 11.3 Å². The summed E-state index contributed by atoms with van der Waals surface area (Å²) < 4.78 is 5.58. The lowest BCUT2D eigenvalue weighted by atomic mass is 10.2. The average molecular weight is 238 g/mol. The van der Waals surface area contributed by atoms with Crippen LogP contribution in [0.3, 0.4) is 0 Å². The van der Waals surface area contributed by atoms with Crippen molar-refractivity contribution in [1.82, 2.24) is 5.06 Å². The van der Waals surface area contributed by atoms with Crippen molar-refractivity contribution in [3.63, 3.8) is 0 Å². The third kappa shape index (κ3) is 2.64. The van der Waals surface area contributed by atoms with Crippen molar-refractivity contribution in [1.29, 1.82) is 0 Å². The molecule has 0 saturated heterocycles. The van der Waals surface area contributed by atoms with E-state index in [0.29, 0.717) is 17.3 Å². The monoisotopic (exact) mass is 237 g/mol. The summed E-state index contributed by atoms with van der Waals surface area (Å²) in [6.07, 6.45) is 0. The molecule has 0 saturated carbocycles. The highest BCUT2D eigenvalue weighted by molar-refractivity contribution is 6.30. The van der Waals surface area contributed by atoms with E-state index in [2.05, 4.69) is 0 Å². The van der Waals surface area contributed by atoms with Crippen molar-refractivity contribution in [2.45, 2.75) is 6.54 Å². The van der Waals surface area contributed by atoms with Gasteiger partial charge in [-0.3, -0.25) is 0 Å². The Morgan fingerprint density at radius 2 is 2.12 bits per heavy atom. The molecule has 4 heteroatoms. The summed E-state index contributed by atoms with van der Waals surface area (Å²) in [5, 5.41) is 10.8. The van der Waals surface area contributed by atoms with Crippen molar-refractivity contribution in [3.05, 3.63) is 47.2 Å². The number of rotatable bonds is 3. The van der Waals surface area contributed by atoms with Crippen molar-refractivity contribution in [3.8, 4) is 11.3 Å². The fourth-order valence-electron chi connectivity index (χ4n) is 1.49. The highest BCUT2D eigenvalue weighted by Crippen LogP contribution is 2.24. The van der Waals surface area contributed by atoms with Gasteiger partial charge in [0, 0.05) is 17.6 Å². The highest BCUT2D eigenvalue weighted by Gasteiger charge is 2.06. The summed E-state index contributed by atoms with van der Waals surface area (Å²) >= 11 is 5.90. The van der Waals surface area contributed by atoms with Crippen LogP contribution in [-0.2, 0) is 6.54 Å². The number of hydrogen-bond acceptors (Lipinski definition) is 3. The zero-order valence-electron chi connectivity index (χ0n) is 8.85. The van der Waals surface area contributed by atoms with Crippen molar-refractivity contribution < 1.29 is 9.62 Å². The minimum Gasteiger partial charge on any atom is -0.460 e. The minimum atomic E-state index is 0.362. The molecular formula is C12H12ClNO2. The summed E-state index contributed by atoms with van der Waals surface area (Å²) in [5.41, 5.74) is 0.930. The van der Waals surface area contributed by atoms with E-state index < -0.39 is 0 Å². The molecule has 0 radical (unpaired) electrons. The molecule has 0 fully saturated rings. The topological polar surface area (TPSA) is 36.6 Å². The van der Waals surface area contributed by atoms with Gasteiger partial charge < -0.3 is 9.62 Å². The SMILES string of the molecule is CN(O)Cc1ccc(-c2cccc(Cl)c2)o1. The van der Waals surface area contributed by atoms with E-state index in [1.165, 1.54) is 0 Å². The lowest BCUT2D eigenvalue weighted by Crippen LogP contribution is -2.10. The zero-order valence-corrected chi connectivity index (χ0v) is 9.61. The second-order valence-corrected chi connectivity index (χ2v) is 4.03. The lowest BCUT2D eigenvalue weighted by molar-refractivity contribution is -0.0772. The van der Waals surface area contributed by atoms with E-state index >= 15 is 0 Å².